The van der Waals surface area contributed by atoms with Gasteiger partial charge in [-0.05, 0) is 13.0 Å². The highest BCUT2D eigenvalue weighted by atomic mass is 19.4. The molecule has 0 amide bonds. The Bertz CT molecular complexity index is 934. The number of halogens is 3. The zero-order valence-electron chi connectivity index (χ0n) is 15.7. The zero-order valence-corrected chi connectivity index (χ0v) is 15.7. The van der Waals surface area contributed by atoms with E-state index in [9.17, 15) is 28.1 Å². The van der Waals surface area contributed by atoms with Crippen molar-refractivity contribution in [3.05, 3.63) is 40.1 Å². The number of pyridine rings is 1. The van der Waals surface area contributed by atoms with Gasteiger partial charge in [0.1, 0.15) is 24.5 Å². The molecule has 0 spiro atoms. The second kappa shape index (κ2) is 8.61. The van der Waals surface area contributed by atoms with Gasteiger partial charge in [0.25, 0.3) is 0 Å². The molecule has 162 valence electrons. The largest absolute Gasteiger partial charge is 0.462 e. The fourth-order valence-electron chi connectivity index (χ4n) is 3.00. The Morgan fingerprint density at radius 2 is 2.20 bits per heavy atom. The fourth-order valence-corrected chi connectivity index (χ4v) is 3.00. The van der Waals surface area contributed by atoms with Crippen LogP contribution in [-0.4, -0.2) is 63.2 Å². The summed E-state index contributed by atoms with van der Waals surface area (Å²) in [5.41, 5.74) is -0.856. The molecule has 0 aliphatic carbocycles. The summed E-state index contributed by atoms with van der Waals surface area (Å²) in [5.74, 6) is -1.05. The molecule has 1 atom stereocenters. The number of rotatable bonds is 6. The van der Waals surface area contributed by atoms with Gasteiger partial charge in [0.2, 0.25) is 5.82 Å². The lowest BCUT2D eigenvalue weighted by atomic mass is 10.1. The number of nitro groups is 1. The van der Waals surface area contributed by atoms with Crippen LogP contribution in [0.4, 0.5) is 24.7 Å². The number of anilines is 1. The van der Waals surface area contributed by atoms with Gasteiger partial charge in [0, 0.05) is 12.7 Å². The summed E-state index contributed by atoms with van der Waals surface area (Å²) in [6.07, 6.45) is -2.34. The molecule has 11 nitrogen and oxygen atoms in total. The van der Waals surface area contributed by atoms with Gasteiger partial charge in [-0.2, -0.15) is 18.3 Å². The first kappa shape index (κ1) is 21.4. The number of carbonyl (C=O) groups excluding carboxylic acids is 1. The Labute approximate surface area is 167 Å². The molecule has 3 rings (SSSR count). The van der Waals surface area contributed by atoms with Gasteiger partial charge in [-0.15, -0.1) is 0 Å². The van der Waals surface area contributed by atoms with E-state index >= 15 is 0 Å². The smallest absolute Gasteiger partial charge is 0.408 e. The molecule has 30 heavy (non-hydrogen) atoms. The maximum atomic E-state index is 12.6. The van der Waals surface area contributed by atoms with Crippen LogP contribution in [0.3, 0.4) is 0 Å². The van der Waals surface area contributed by atoms with Gasteiger partial charge in [-0.3, -0.25) is 10.1 Å². The Balaban J connectivity index is 2.00. The third-order valence-corrected chi connectivity index (χ3v) is 4.18. The lowest BCUT2D eigenvalue weighted by molar-refractivity contribution is -0.384. The molecule has 2 aromatic rings. The molecule has 0 N–H and O–H groups in total. The van der Waals surface area contributed by atoms with Crippen LogP contribution < -0.4 is 4.90 Å². The van der Waals surface area contributed by atoms with Crippen LogP contribution >= 0.6 is 0 Å². The molecule has 1 unspecified atom stereocenters. The van der Waals surface area contributed by atoms with E-state index in [1.165, 1.54) is 17.2 Å². The molecule has 0 radical (unpaired) electrons. The first-order chi connectivity index (χ1) is 14.2. The van der Waals surface area contributed by atoms with Gasteiger partial charge in [0.05, 0.1) is 24.7 Å². The fraction of sp³-hybridized carbons (Fsp3) is 0.500. The Kier molecular flexibility index (Phi) is 6.14. The zero-order chi connectivity index (χ0) is 21.9. The van der Waals surface area contributed by atoms with Gasteiger partial charge in [0.15, 0.2) is 5.82 Å². The van der Waals surface area contributed by atoms with Gasteiger partial charge < -0.3 is 14.4 Å². The average molecular weight is 430 g/mol. The number of morpholine rings is 1. The summed E-state index contributed by atoms with van der Waals surface area (Å²) in [6.45, 7) is 0.533. The van der Waals surface area contributed by atoms with E-state index in [1.54, 1.807) is 6.92 Å². The van der Waals surface area contributed by atoms with Crippen molar-refractivity contribution in [1.29, 1.82) is 0 Å². The molecular formula is C16H17F3N6O5. The molecule has 0 bridgehead atoms. The van der Waals surface area contributed by atoms with Crippen LogP contribution in [-0.2, 0) is 16.0 Å². The lowest BCUT2D eigenvalue weighted by Gasteiger charge is -2.34. The maximum Gasteiger partial charge on any atom is 0.408 e. The summed E-state index contributed by atoms with van der Waals surface area (Å²) < 4.78 is 48.7. The van der Waals surface area contributed by atoms with E-state index in [4.69, 9.17) is 9.47 Å². The van der Waals surface area contributed by atoms with Crippen molar-refractivity contribution in [3.63, 3.8) is 0 Å². The van der Waals surface area contributed by atoms with E-state index in [1.807, 2.05) is 0 Å². The normalized spacial score (nSPS) is 17.1. The second-order valence-corrected chi connectivity index (χ2v) is 6.21. The van der Waals surface area contributed by atoms with Crippen LogP contribution in [0, 0.1) is 10.1 Å². The highest BCUT2D eigenvalue weighted by molar-refractivity contribution is 5.96. The van der Waals surface area contributed by atoms with Crippen LogP contribution in [0.2, 0.25) is 0 Å². The summed E-state index contributed by atoms with van der Waals surface area (Å²) in [4.78, 5) is 32.5. The highest BCUT2D eigenvalue weighted by Gasteiger charge is 2.37. The number of aromatic nitrogens is 4. The maximum absolute atomic E-state index is 12.6. The van der Waals surface area contributed by atoms with Crippen LogP contribution in [0.5, 0.6) is 0 Å². The molecule has 1 saturated heterocycles. The first-order valence-electron chi connectivity index (χ1n) is 8.82. The minimum atomic E-state index is -4.48. The second-order valence-electron chi connectivity index (χ2n) is 6.21. The van der Waals surface area contributed by atoms with E-state index in [2.05, 4.69) is 15.1 Å². The van der Waals surface area contributed by atoms with E-state index in [0.717, 1.165) is 6.33 Å². The minimum absolute atomic E-state index is 0.0171. The van der Waals surface area contributed by atoms with E-state index in [-0.39, 0.29) is 43.6 Å². The molecule has 1 aliphatic rings. The SMILES string of the molecule is CCOC(=O)c1ccnc(N2CCOCC2c2ncn(CC(F)(F)F)n2)c1[N+](=O)[O-]. The molecule has 1 aliphatic heterocycles. The molecule has 3 heterocycles. The highest BCUT2D eigenvalue weighted by Crippen LogP contribution is 2.35. The number of hydrogen-bond acceptors (Lipinski definition) is 9. The molecule has 0 saturated carbocycles. The Hall–Kier alpha value is -3.29. The van der Waals surface area contributed by atoms with Crippen molar-refractivity contribution in [2.24, 2.45) is 0 Å². The van der Waals surface area contributed by atoms with Crippen LogP contribution in [0.15, 0.2) is 18.6 Å². The van der Waals surface area contributed by atoms with Gasteiger partial charge in [-0.1, -0.05) is 0 Å². The van der Waals surface area contributed by atoms with Crippen LogP contribution in [0.25, 0.3) is 0 Å². The minimum Gasteiger partial charge on any atom is -0.462 e. The number of nitrogens with zero attached hydrogens (tertiary/aromatic N) is 6. The third-order valence-electron chi connectivity index (χ3n) is 4.18. The predicted molar refractivity (Wildman–Crippen MR) is 93.8 cm³/mol. The number of ether oxygens (including phenoxy) is 2. The standard InChI is InChI=1S/C16H17F3N6O5/c1-2-30-15(26)10-3-4-20-14(12(10)25(27)28)24-5-6-29-7-11(24)13-21-9-23(22-13)8-16(17,18)19/h3-4,9,11H,2,5-8H2,1H3. The number of esters is 1. The summed E-state index contributed by atoms with van der Waals surface area (Å²) in [7, 11) is 0. The number of hydrogen-bond donors (Lipinski definition) is 0. The van der Waals surface area contributed by atoms with Crippen molar-refractivity contribution in [2.45, 2.75) is 25.7 Å². The number of alkyl halides is 3. The van der Waals surface area contributed by atoms with Crippen molar-refractivity contribution in [2.75, 3.05) is 31.3 Å². The summed E-state index contributed by atoms with van der Waals surface area (Å²) in [6, 6.07) is 0.336. The first-order valence-corrected chi connectivity index (χ1v) is 8.82. The third kappa shape index (κ3) is 4.64. The molecule has 1 fully saturated rings. The molecule has 0 aromatic carbocycles. The van der Waals surface area contributed by atoms with Crippen molar-refractivity contribution < 1.29 is 32.4 Å². The van der Waals surface area contributed by atoms with E-state index in [0.29, 0.717) is 4.68 Å². The summed E-state index contributed by atoms with van der Waals surface area (Å²) >= 11 is 0. The molecular weight excluding hydrogens is 413 g/mol. The topological polar surface area (TPSA) is 126 Å². The molecule has 2 aromatic heterocycles. The number of carbonyl (C=O) groups is 1. The lowest BCUT2D eigenvalue weighted by Crippen LogP contribution is -2.41. The quantitative estimate of drug-likeness (QED) is 0.384. The Morgan fingerprint density at radius 3 is 2.87 bits per heavy atom. The van der Waals surface area contributed by atoms with Crippen molar-refractivity contribution in [3.8, 4) is 0 Å². The molecule has 14 heteroatoms. The average Bonchev–Trinajstić information content (AvgIpc) is 3.14. The van der Waals surface area contributed by atoms with Gasteiger partial charge in [-0.25, -0.2) is 19.4 Å². The summed E-state index contributed by atoms with van der Waals surface area (Å²) in [5, 5.41) is 15.6. The monoisotopic (exact) mass is 430 g/mol. The van der Waals surface area contributed by atoms with E-state index < -0.39 is 35.3 Å². The van der Waals surface area contributed by atoms with Crippen LogP contribution in [0.1, 0.15) is 29.1 Å². The van der Waals surface area contributed by atoms with Crippen molar-refractivity contribution >= 4 is 17.5 Å². The predicted octanol–water partition coefficient (Wildman–Crippen LogP) is 1.90. The van der Waals surface area contributed by atoms with Gasteiger partial charge >= 0.3 is 17.8 Å². The van der Waals surface area contributed by atoms with Crippen molar-refractivity contribution in [1.82, 2.24) is 19.7 Å². The Morgan fingerprint density at radius 1 is 1.43 bits per heavy atom.